The summed E-state index contributed by atoms with van der Waals surface area (Å²) in [5.74, 6) is 1.31. The number of benzene rings is 2. The molecular formula is C25H30N6O3. The fourth-order valence-corrected chi connectivity index (χ4v) is 4.67. The summed E-state index contributed by atoms with van der Waals surface area (Å²) in [7, 11) is 3.95. The Morgan fingerprint density at radius 2 is 1.65 bits per heavy atom. The molecule has 0 unspecified atom stereocenters. The number of fused-ring (bicyclic) bond motifs is 1. The highest BCUT2D eigenvalue weighted by Gasteiger charge is 2.25. The minimum Gasteiger partial charge on any atom is -0.362 e. The number of nitrogens with zero attached hydrogens (tertiary/aromatic N) is 4. The van der Waals surface area contributed by atoms with Crippen LogP contribution in [0.15, 0.2) is 36.4 Å². The molecule has 178 valence electrons. The summed E-state index contributed by atoms with van der Waals surface area (Å²) in [6, 6.07) is 11.4. The van der Waals surface area contributed by atoms with Gasteiger partial charge in [0.1, 0.15) is 5.82 Å². The number of hydrogen-bond acceptors (Lipinski definition) is 7. The summed E-state index contributed by atoms with van der Waals surface area (Å²) < 4.78 is 0. The second kappa shape index (κ2) is 9.62. The van der Waals surface area contributed by atoms with Crippen molar-refractivity contribution in [3.8, 4) is 0 Å². The lowest BCUT2D eigenvalue weighted by atomic mass is 9.91. The third-order valence-electron chi connectivity index (χ3n) is 6.34. The Morgan fingerprint density at radius 3 is 2.26 bits per heavy atom. The van der Waals surface area contributed by atoms with Crippen molar-refractivity contribution < 1.29 is 9.72 Å². The molecule has 1 aliphatic rings. The van der Waals surface area contributed by atoms with Crippen molar-refractivity contribution in [3.05, 3.63) is 63.2 Å². The van der Waals surface area contributed by atoms with Gasteiger partial charge in [0.05, 0.1) is 10.4 Å². The average Bonchev–Trinajstić information content (AvgIpc) is 2.79. The van der Waals surface area contributed by atoms with E-state index < -0.39 is 4.92 Å². The fourth-order valence-electron chi connectivity index (χ4n) is 4.67. The third kappa shape index (κ3) is 4.93. The number of aromatic nitrogens is 2. The standard InChI is InChI=1S/C25H30N6O3/c1-15-13-17(14-16(2)22(15)31(33)34)24(32)26-18-9-11-19(12-10-18)27-25-28-21-8-6-5-7-20(21)23(29-25)30(3)4/h5-8,13-14,18-19H,9-12H2,1-4H3,(H,26,32)(H,27,28,29). The maximum atomic E-state index is 12.8. The molecule has 34 heavy (non-hydrogen) atoms. The van der Waals surface area contributed by atoms with Gasteiger partial charge < -0.3 is 15.5 Å². The first kappa shape index (κ1) is 23.4. The van der Waals surface area contributed by atoms with Crippen molar-refractivity contribution in [3.63, 3.8) is 0 Å². The zero-order valence-corrected chi connectivity index (χ0v) is 20.0. The zero-order chi connectivity index (χ0) is 24.4. The third-order valence-corrected chi connectivity index (χ3v) is 6.34. The quantitative estimate of drug-likeness (QED) is 0.413. The van der Waals surface area contributed by atoms with Gasteiger partial charge in [-0.25, -0.2) is 4.98 Å². The predicted octanol–water partition coefficient (Wildman–Crippen LogP) is 4.37. The number of carbonyl (C=O) groups excluding carboxylic acids is 1. The lowest BCUT2D eigenvalue weighted by molar-refractivity contribution is -0.386. The molecule has 0 saturated heterocycles. The monoisotopic (exact) mass is 462 g/mol. The van der Waals surface area contributed by atoms with Crippen LogP contribution in [0, 0.1) is 24.0 Å². The summed E-state index contributed by atoms with van der Waals surface area (Å²) in [6.45, 7) is 3.32. The Kier molecular flexibility index (Phi) is 6.63. The highest BCUT2D eigenvalue weighted by atomic mass is 16.6. The number of carbonyl (C=O) groups is 1. The van der Waals surface area contributed by atoms with Crippen LogP contribution < -0.4 is 15.5 Å². The molecule has 9 heteroatoms. The van der Waals surface area contributed by atoms with Gasteiger partial charge in [0.15, 0.2) is 0 Å². The fraction of sp³-hybridized carbons (Fsp3) is 0.400. The van der Waals surface area contributed by atoms with Crippen LogP contribution in [0.5, 0.6) is 0 Å². The van der Waals surface area contributed by atoms with Crippen LogP contribution in [-0.2, 0) is 0 Å². The second-order valence-corrected chi connectivity index (χ2v) is 9.16. The van der Waals surface area contributed by atoms with E-state index >= 15 is 0 Å². The van der Waals surface area contributed by atoms with Crippen molar-refractivity contribution in [2.24, 2.45) is 0 Å². The zero-order valence-electron chi connectivity index (χ0n) is 20.0. The number of amides is 1. The van der Waals surface area contributed by atoms with Gasteiger partial charge in [-0.1, -0.05) is 12.1 Å². The molecule has 0 spiro atoms. The molecule has 0 radical (unpaired) electrons. The molecular weight excluding hydrogens is 432 g/mol. The summed E-state index contributed by atoms with van der Waals surface area (Å²) in [5.41, 5.74) is 2.42. The number of nitro benzene ring substituents is 1. The number of aryl methyl sites for hydroxylation is 2. The first-order valence-electron chi connectivity index (χ1n) is 11.5. The van der Waals surface area contributed by atoms with E-state index in [9.17, 15) is 14.9 Å². The molecule has 0 bridgehead atoms. The van der Waals surface area contributed by atoms with Crippen molar-refractivity contribution >= 4 is 34.3 Å². The Bertz CT molecular complexity index is 1210. The van der Waals surface area contributed by atoms with Crippen LogP contribution in [0.4, 0.5) is 17.5 Å². The van der Waals surface area contributed by atoms with Gasteiger partial charge in [0.25, 0.3) is 11.6 Å². The molecule has 4 rings (SSSR count). The number of nitrogens with one attached hydrogen (secondary N) is 2. The maximum absolute atomic E-state index is 12.8. The van der Waals surface area contributed by atoms with Gasteiger partial charge in [0, 0.05) is 48.3 Å². The number of rotatable bonds is 6. The molecule has 1 saturated carbocycles. The topological polar surface area (TPSA) is 113 Å². The highest BCUT2D eigenvalue weighted by Crippen LogP contribution is 2.27. The van der Waals surface area contributed by atoms with Gasteiger partial charge >= 0.3 is 0 Å². The molecule has 3 aromatic rings. The molecule has 2 aromatic carbocycles. The van der Waals surface area contributed by atoms with Gasteiger partial charge in [-0.2, -0.15) is 4.98 Å². The van der Waals surface area contributed by atoms with Crippen LogP contribution >= 0.6 is 0 Å². The van der Waals surface area contributed by atoms with Gasteiger partial charge in [-0.15, -0.1) is 0 Å². The smallest absolute Gasteiger partial charge is 0.275 e. The van der Waals surface area contributed by atoms with E-state index in [1.54, 1.807) is 26.0 Å². The Balaban J connectivity index is 1.38. The van der Waals surface area contributed by atoms with Crippen LogP contribution in [0.3, 0.4) is 0 Å². The number of para-hydroxylation sites is 1. The second-order valence-electron chi connectivity index (χ2n) is 9.16. The van der Waals surface area contributed by atoms with Crippen LogP contribution in [0.25, 0.3) is 10.9 Å². The van der Waals surface area contributed by atoms with E-state index in [0.717, 1.165) is 42.4 Å². The molecule has 1 amide bonds. The SMILES string of the molecule is Cc1cc(C(=O)NC2CCC(Nc3nc(N(C)C)c4ccccc4n3)CC2)cc(C)c1[N+](=O)[O-]. The highest BCUT2D eigenvalue weighted by molar-refractivity contribution is 5.95. The van der Waals surface area contributed by atoms with Crippen molar-refractivity contribution in [1.82, 2.24) is 15.3 Å². The first-order valence-corrected chi connectivity index (χ1v) is 11.5. The van der Waals surface area contributed by atoms with E-state index in [1.807, 2.05) is 43.3 Å². The molecule has 1 aromatic heterocycles. The molecule has 9 nitrogen and oxygen atoms in total. The van der Waals surface area contributed by atoms with E-state index in [4.69, 9.17) is 4.98 Å². The molecule has 1 aliphatic carbocycles. The van der Waals surface area contributed by atoms with Crippen LogP contribution in [-0.4, -0.2) is 47.0 Å². The van der Waals surface area contributed by atoms with Gasteiger partial charge in [0.2, 0.25) is 5.95 Å². The van der Waals surface area contributed by atoms with E-state index in [1.165, 1.54) is 0 Å². The lowest BCUT2D eigenvalue weighted by Crippen LogP contribution is -2.40. The summed E-state index contributed by atoms with van der Waals surface area (Å²) in [6.07, 6.45) is 3.44. The van der Waals surface area contributed by atoms with E-state index in [-0.39, 0.29) is 23.7 Å². The van der Waals surface area contributed by atoms with Crippen molar-refractivity contribution in [2.75, 3.05) is 24.3 Å². The van der Waals surface area contributed by atoms with Crippen molar-refractivity contribution in [1.29, 1.82) is 0 Å². The van der Waals surface area contributed by atoms with Crippen LogP contribution in [0.2, 0.25) is 0 Å². The Morgan fingerprint density at radius 1 is 1.03 bits per heavy atom. The lowest BCUT2D eigenvalue weighted by Gasteiger charge is -2.30. The molecule has 0 aliphatic heterocycles. The molecule has 1 heterocycles. The van der Waals surface area contributed by atoms with Crippen molar-refractivity contribution in [2.45, 2.75) is 51.6 Å². The first-order chi connectivity index (χ1) is 16.2. The number of anilines is 2. The summed E-state index contributed by atoms with van der Waals surface area (Å²) in [5, 5.41) is 18.8. The minimum atomic E-state index is -0.401. The Labute approximate surface area is 198 Å². The predicted molar refractivity (Wildman–Crippen MR) is 134 cm³/mol. The molecule has 0 atom stereocenters. The maximum Gasteiger partial charge on any atom is 0.275 e. The minimum absolute atomic E-state index is 0.0659. The molecule has 1 fully saturated rings. The summed E-state index contributed by atoms with van der Waals surface area (Å²) >= 11 is 0. The van der Waals surface area contributed by atoms with E-state index in [2.05, 4.69) is 15.6 Å². The normalized spacial score (nSPS) is 17.9. The van der Waals surface area contributed by atoms with Gasteiger partial charge in [-0.05, 0) is 63.8 Å². The van der Waals surface area contributed by atoms with Crippen LogP contribution in [0.1, 0.15) is 47.2 Å². The Hall–Kier alpha value is -3.75. The average molecular weight is 463 g/mol. The van der Waals surface area contributed by atoms with E-state index in [0.29, 0.717) is 22.6 Å². The summed E-state index contributed by atoms with van der Waals surface area (Å²) in [4.78, 5) is 35.0. The number of hydrogen-bond donors (Lipinski definition) is 2. The van der Waals surface area contributed by atoms with Gasteiger partial charge in [-0.3, -0.25) is 14.9 Å². The molecule has 2 N–H and O–H groups in total. The number of nitro groups is 1. The largest absolute Gasteiger partial charge is 0.362 e.